The van der Waals surface area contributed by atoms with Crippen LogP contribution in [-0.2, 0) is 12.1 Å². The Bertz CT molecular complexity index is 1270. The number of alkyl halides is 8. The molecule has 0 unspecified atom stereocenters. The summed E-state index contributed by atoms with van der Waals surface area (Å²) in [6.45, 7) is 0. The first-order valence-corrected chi connectivity index (χ1v) is 9.18. The van der Waals surface area contributed by atoms with Crippen molar-refractivity contribution in [1.82, 2.24) is 15.0 Å². The van der Waals surface area contributed by atoms with Crippen molar-refractivity contribution in [2.75, 3.05) is 7.11 Å². The number of methoxy groups -OCH3 is 1. The molecule has 0 amide bonds. The molecule has 0 aliphatic rings. The van der Waals surface area contributed by atoms with Gasteiger partial charge in [0, 0.05) is 6.20 Å². The lowest BCUT2D eigenvalue weighted by Gasteiger charge is -2.21. The fourth-order valence-electron chi connectivity index (χ4n) is 2.65. The molecule has 0 saturated heterocycles. The van der Waals surface area contributed by atoms with E-state index in [4.69, 9.17) is 21.1 Å². The first-order chi connectivity index (χ1) is 15.7. The summed E-state index contributed by atoms with van der Waals surface area (Å²) in [6.07, 6.45) is -10.1. The van der Waals surface area contributed by atoms with Crippen LogP contribution in [0.4, 0.5) is 35.1 Å². The fraction of sp³-hybridized carbons (Fsp3) is 0.211. The van der Waals surface area contributed by atoms with Crippen LogP contribution < -0.4 is 15.0 Å². The molecule has 1 N–H and O–H groups in total. The standard InChI is InChI=1S/C19H10ClF8N3O3/c1-33-11-3-2-6-29-12(11)15-30-14(17(21,22)19(26,27)28)13(16(32)31-15)34-8-4-5-10(20)9(7-8)18(23,24)25/h2-7H,1H3,(H,30,31,32). The van der Waals surface area contributed by atoms with Crippen molar-refractivity contribution in [3.8, 4) is 28.8 Å². The molecule has 0 saturated carbocycles. The van der Waals surface area contributed by atoms with Crippen LogP contribution in [0.5, 0.6) is 17.2 Å². The SMILES string of the molecule is COc1cccnc1-c1nc(C(F)(F)C(F)(F)F)c(Oc2ccc(Cl)c(C(F)(F)F)c2)c(=O)[nH]1. The molecule has 15 heteroatoms. The first-order valence-electron chi connectivity index (χ1n) is 8.80. The largest absolute Gasteiger partial charge is 0.494 e. The van der Waals surface area contributed by atoms with Gasteiger partial charge in [0.2, 0.25) is 5.75 Å². The van der Waals surface area contributed by atoms with E-state index >= 15 is 0 Å². The van der Waals surface area contributed by atoms with Crippen LogP contribution >= 0.6 is 11.6 Å². The van der Waals surface area contributed by atoms with E-state index in [1.807, 2.05) is 4.98 Å². The fourth-order valence-corrected chi connectivity index (χ4v) is 2.88. The Balaban J connectivity index is 2.25. The normalized spacial score (nSPS) is 12.5. The van der Waals surface area contributed by atoms with Crippen LogP contribution in [-0.4, -0.2) is 28.2 Å². The highest BCUT2D eigenvalue weighted by atomic mass is 35.5. The highest BCUT2D eigenvalue weighted by Crippen LogP contribution is 2.47. The summed E-state index contributed by atoms with van der Waals surface area (Å²) < 4.78 is 117. The Morgan fingerprint density at radius 2 is 1.71 bits per heavy atom. The number of aromatic nitrogens is 3. The molecule has 0 atom stereocenters. The molecule has 3 aromatic rings. The van der Waals surface area contributed by atoms with Gasteiger partial charge in [0.05, 0.1) is 17.7 Å². The van der Waals surface area contributed by atoms with Crippen molar-refractivity contribution in [2.24, 2.45) is 0 Å². The predicted octanol–water partition coefficient (Wildman–Crippen LogP) is 5.96. The third-order valence-electron chi connectivity index (χ3n) is 4.21. The number of hydrogen-bond acceptors (Lipinski definition) is 5. The minimum atomic E-state index is -6.24. The van der Waals surface area contributed by atoms with E-state index in [0.717, 1.165) is 19.4 Å². The van der Waals surface area contributed by atoms with Crippen LogP contribution in [0, 0.1) is 0 Å². The number of H-pyrrole nitrogens is 1. The molecule has 6 nitrogen and oxygen atoms in total. The van der Waals surface area contributed by atoms with Gasteiger partial charge in [-0.15, -0.1) is 0 Å². The topological polar surface area (TPSA) is 77.1 Å². The number of hydrogen-bond donors (Lipinski definition) is 1. The van der Waals surface area contributed by atoms with Crippen LogP contribution in [0.1, 0.15) is 11.3 Å². The maximum absolute atomic E-state index is 14.3. The summed E-state index contributed by atoms with van der Waals surface area (Å²) in [5, 5.41) is -0.801. The van der Waals surface area contributed by atoms with Gasteiger partial charge < -0.3 is 14.5 Å². The molecule has 2 heterocycles. The number of nitrogens with one attached hydrogen (secondary N) is 1. The summed E-state index contributed by atoms with van der Waals surface area (Å²) in [7, 11) is 1.14. The molecule has 0 fully saturated rings. The van der Waals surface area contributed by atoms with Gasteiger partial charge in [-0.1, -0.05) is 11.6 Å². The summed E-state index contributed by atoms with van der Waals surface area (Å²) >= 11 is 5.45. The van der Waals surface area contributed by atoms with Crippen molar-refractivity contribution < 1.29 is 44.6 Å². The summed E-state index contributed by atoms with van der Waals surface area (Å²) in [5.74, 6) is -9.29. The van der Waals surface area contributed by atoms with E-state index in [1.54, 1.807) is 0 Å². The maximum atomic E-state index is 14.3. The molecule has 34 heavy (non-hydrogen) atoms. The number of aromatic amines is 1. The first kappa shape index (κ1) is 25.2. The van der Waals surface area contributed by atoms with Crippen molar-refractivity contribution in [3.05, 3.63) is 63.2 Å². The van der Waals surface area contributed by atoms with Crippen molar-refractivity contribution in [2.45, 2.75) is 18.3 Å². The Kier molecular flexibility index (Phi) is 6.48. The maximum Gasteiger partial charge on any atom is 0.459 e. The van der Waals surface area contributed by atoms with E-state index in [9.17, 15) is 39.9 Å². The predicted molar refractivity (Wildman–Crippen MR) is 101 cm³/mol. The molecule has 182 valence electrons. The zero-order valence-corrected chi connectivity index (χ0v) is 17.2. The van der Waals surface area contributed by atoms with Crippen LogP contribution in [0.15, 0.2) is 41.3 Å². The van der Waals surface area contributed by atoms with Crippen molar-refractivity contribution in [1.29, 1.82) is 0 Å². The van der Waals surface area contributed by atoms with E-state index in [2.05, 4.69) is 9.97 Å². The molecule has 0 bridgehead atoms. The van der Waals surface area contributed by atoms with Crippen LogP contribution in [0.25, 0.3) is 11.5 Å². The Morgan fingerprint density at radius 1 is 1.03 bits per heavy atom. The molecule has 0 aliphatic heterocycles. The van der Waals surface area contributed by atoms with E-state index < -0.39 is 63.1 Å². The summed E-state index contributed by atoms with van der Waals surface area (Å²) in [5.41, 5.74) is -5.72. The number of pyridine rings is 1. The monoisotopic (exact) mass is 515 g/mol. The van der Waals surface area contributed by atoms with Gasteiger partial charge in [-0.25, -0.2) is 9.97 Å². The lowest BCUT2D eigenvalue weighted by molar-refractivity contribution is -0.291. The number of rotatable bonds is 5. The minimum Gasteiger partial charge on any atom is -0.494 e. The molecular weight excluding hydrogens is 506 g/mol. The average Bonchev–Trinajstić information content (AvgIpc) is 2.74. The van der Waals surface area contributed by atoms with Gasteiger partial charge in [0.25, 0.3) is 5.56 Å². The number of halogens is 9. The third kappa shape index (κ3) is 4.76. The molecule has 0 spiro atoms. The van der Waals surface area contributed by atoms with Gasteiger partial charge in [-0.2, -0.15) is 35.1 Å². The lowest BCUT2D eigenvalue weighted by atomic mass is 10.1. The highest BCUT2D eigenvalue weighted by molar-refractivity contribution is 6.31. The number of ether oxygens (including phenoxy) is 2. The lowest BCUT2D eigenvalue weighted by Crippen LogP contribution is -2.36. The van der Waals surface area contributed by atoms with E-state index in [1.165, 1.54) is 12.1 Å². The zero-order chi connectivity index (χ0) is 25.5. The minimum absolute atomic E-state index is 0.131. The van der Waals surface area contributed by atoms with Gasteiger partial charge in [0.1, 0.15) is 17.2 Å². The second-order valence-electron chi connectivity index (χ2n) is 6.46. The van der Waals surface area contributed by atoms with E-state index in [0.29, 0.717) is 6.07 Å². The van der Waals surface area contributed by atoms with Crippen molar-refractivity contribution in [3.63, 3.8) is 0 Å². The van der Waals surface area contributed by atoms with Gasteiger partial charge in [-0.3, -0.25) is 4.79 Å². The Labute approximate surface area is 189 Å². The summed E-state index contributed by atoms with van der Waals surface area (Å²) in [4.78, 5) is 21.4. The van der Waals surface area contributed by atoms with Crippen LogP contribution in [0.2, 0.25) is 5.02 Å². The quantitative estimate of drug-likeness (QED) is 0.424. The third-order valence-corrected chi connectivity index (χ3v) is 4.54. The second kappa shape index (κ2) is 8.74. The number of benzene rings is 1. The van der Waals surface area contributed by atoms with Gasteiger partial charge >= 0.3 is 18.3 Å². The Hall–Kier alpha value is -3.42. The van der Waals surface area contributed by atoms with Crippen LogP contribution in [0.3, 0.4) is 0 Å². The molecule has 2 aromatic heterocycles. The highest BCUT2D eigenvalue weighted by Gasteiger charge is 2.62. The number of nitrogens with zero attached hydrogens (tertiary/aromatic N) is 2. The molecule has 0 radical (unpaired) electrons. The zero-order valence-electron chi connectivity index (χ0n) is 16.5. The van der Waals surface area contributed by atoms with Gasteiger partial charge in [-0.05, 0) is 30.3 Å². The Morgan fingerprint density at radius 3 is 2.29 bits per heavy atom. The molecule has 3 rings (SSSR count). The van der Waals surface area contributed by atoms with E-state index in [-0.39, 0.29) is 11.8 Å². The second-order valence-corrected chi connectivity index (χ2v) is 6.87. The molecule has 0 aliphatic carbocycles. The van der Waals surface area contributed by atoms with Gasteiger partial charge in [0.15, 0.2) is 11.5 Å². The molecular formula is C19H10ClF8N3O3. The summed E-state index contributed by atoms with van der Waals surface area (Å²) in [6, 6.07) is 4.24. The van der Waals surface area contributed by atoms with Crippen molar-refractivity contribution >= 4 is 11.6 Å². The smallest absolute Gasteiger partial charge is 0.459 e. The average molecular weight is 516 g/mol. The molecule has 1 aromatic carbocycles.